The molecule has 0 aromatic heterocycles. The number of halogens is 1. The molecule has 0 heterocycles. The third-order valence-corrected chi connectivity index (χ3v) is 3.60. The number of hydrogen-bond acceptors (Lipinski definition) is 3. The van der Waals surface area contributed by atoms with E-state index in [1.165, 1.54) is 5.56 Å². The van der Waals surface area contributed by atoms with Gasteiger partial charge in [-0.3, -0.25) is 0 Å². The minimum Gasteiger partial charge on any atom is -0.462 e. The van der Waals surface area contributed by atoms with Crippen LogP contribution in [0.4, 0.5) is 5.69 Å². The average Bonchev–Trinajstić information content (AvgIpc) is 2.48. The molecular weight excluding hydrogens is 330 g/mol. The topological polar surface area (TPSA) is 38.3 Å². The molecule has 0 amide bonds. The van der Waals surface area contributed by atoms with E-state index < -0.39 is 0 Å². The van der Waals surface area contributed by atoms with Gasteiger partial charge >= 0.3 is 5.97 Å². The maximum Gasteiger partial charge on any atom is 0.338 e. The van der Waals surface area contributed by atoms with Crippen molar-refractivity contribution in [1.29, 1.82) is 0 Å². The molecular formula is C17H18BrNO2. The number of carbonyl (C=O) groups is 1. The molecule has 110 valence electrons. The Morgan fingerprint density at radius 3 is 2.71 bits per heavy atom. The molecule has 4 heteroatoms. The van der Waals surface area contributed by atoms with Gasteiger partial charge in [-0.15, -0.1) is 0 Å². The zero-order chi connectivity index (χ0) is 15.2. The predicted octanol–water partition coefficient (Wildman–Crippen LogP) is 4.80. The molecule has 0 aliphatic rings. The van der Waals surface area contributed by atoms with Gasteiger partial charge in [-0.05, 0) is 49.7 Å². The first-order chi connectivity index (χ1) is 10.1. The highest BCUT2D eigenvalue weighted by Gasteiger charge is 2.09. The quantitative estimate of drug-likeness (QED) is 0.789. The van der Waals surface area contributed by atoms with Crippen LogP contribution >= 0.6 is 15.9 Å². The van der Waals surface area contributed by atoms with Crippen LogP contribution in [-0.2, 0) is 4.74 Å². The Kier molecular flexibility index (Phi) is 5.39. The summed E-state index contributed by atoms with van der Waals surface area (Å²) in [5.74, 6) is -0.295. The normalized spacial score (nSPS) is 11.8. The minimum atomic E-state index is -0.295. The number of ether oxygens (including phenoxy) is 1. The fourth-order valence-corrected chi connectivity index (χ4v) is 2.48. The molecule has 0 saturated heterocycles. The van der Waals surface area contributed by atoms with Gasteiger partial charge in [0.15, 0.2) is 0 Å². The molecule has 0 spiro atoms. The number of carbonyl (C=O) groups excluding carboxylic acids is 1. The van der Waals surface area contributed by atoms with Gasteiger partial charge in [0.1, 0.15) is 0 Å². The van der Waals surface area contributed by atoms with Gasteiger partial charge in [-0.2, -0.15) is 0 Å². The molecule has 1 atom stereocenters. The lowest BCUT2D eigenvalue weighted by Gasteiger charge is -2.16. The van der Waals surface area contributed by atoms with Gasteiger partial charge in [0, 0.05) is 16.2 Å². The van der Waals surface area contributed by atoms with Crippen LogP contribution in [0.5, 0.6) is 0 Å². The van der Waals surface area contributed by atoms with Crippen molar-refractivity contribution >= 4 is 27.6 Å². The van der Waals surface area contributed by atoms with Crippen LogP contribution in [0, 0.1) is 0 Å². The van der Waals surface area contributed by atoms with Gasteiger partial charge in [-0.1, -0.05) is 34.1 Å². The van der Waals surface area contributed by atoms with Gasteiger partial charge in [0.25, 0.3) is 0 Å². The summed E-state index contributed by atoms with van der Waals surface area (Å²) in [7, 11) is 0. The summed E-state index contributed by atoms with van der Waals surface area (Å²) in [5, 5.41) is 3.39. The average molecular weight is 348 g/mol. The smallest absolute Gasteiger partial charge is 0.338 e. The minimum absolute atomic E-state index is 0.139. The second-order valence-corrected chi connectivity index (χ2v) is 5.64. The Morgan fingerprint density at radius 1 is 1.24 bits per heavy atom. The van der Waals surface area contributed by atoms with Crippen LogP contribution in [-0.4, -0.2) is 12.6 Å². The molecule has 21 heavy (non-hydrogen) atoms. The fraction of sp³-hybridized carbons (Fsp3) is 0.235. The molecule has 0 bridgehead atoms. The summed E-state index contributed by atoms with van der Waals surface area (Å²) in [6.45, 7) is 4.26. The van der Waals surface area contributed by atoms with Gasteiger partial charge in [0.2, 0.25) is 0 Å². The van der Waals surface area contributed by atoms with Gasteiger partial charge < -0.3 is 10.1 Å². The SMILES string of the molecule is CCOC(=O)c1cccc(NC(C)c2cccc(Br)c2)c1. The van der Waals surface area contributed by atoms with Crippen LogP contribution in [0.15, 0.2) is 53.0 Å². The standard InChI is InChI=1S/C17H18BrNO2/c1-3-21-17(20)14-7-5-9-16(11-14)19-12(2)13-6-4-8-15(18)10-13/h4-12,19H,3H2,1-2H3. The summed E-state index contributed by atoms with van der Waals surface area (Å²) in [6.07, 6.45) is 0. The molecule has 0 aliphatic carbocycles. The van der Waals surface area contributed by atoms with E-state index in [1.807, 2.05) is 30.3 Å². The van der Waals surface area contributed by atoms with Crippen molar-refractivity contribution in [2.24, 2.45) is 0 Å². The third-order valence-electron chi connectivity index (χ3n) is 3.11. The number of hydrogen-bond donors (Lipinski definition) is 1. The number of benzene rings is 2. The van der Waals surface area contributed by atoms with Crippen molar-refractivity contribution in [3.05, 3.63) is 64.1 Å². The Hall–Kier alpha value is -1.81. The lowest BCUT2D eigenvalue weighted by molar-refractivity contribution is 0.0526. The zero-order valence-electron chi connectivity index (χ0n) is 12.1. The summed E-state index contributed by atoms with van der Waals surface area (Å²) >= 11 is 3.47. The maximum absolute atomic E-state index is 11.7. The maximum atomic E-state index is 11.7. The predicted molar refractivity (Wildman–Crippen MR) is 88.6 cm³/mol. The lowest BCUT2D eigenvalue weighted by atomic mass is 10.1. The van der Waals surface area contributed by atoms with Crippen molar-refractivity contribution < 1.29 is 9.53 Å². The highest BCUT2D eigenvalue weighted by molar-refractivity contribution is 9.10. The molecule has 0 radical (unpaired) electrons. The summed E-state index contributed by atoms with van der Waals surface area (Å²) in [6, 6.07) is 15.6. The zero-order valence-corrected chi connectivity index (χ0v) is 13.7. The van der Waals surface area contributed by atoms with E-state index in [0.29, 0.717) is 12.2 Å². The Bertz CT molecular complexity index is 628. The van der Waals surface area contributed by atoms with E-state index in [4.69, 9.17) is 4.74 Å². The van der Waals surface area contributed by atoms with Crippen molar-refractivity contribution in [2.45, 2.75) is 19.9 Å². The number of esters is 1. The summed E-state index contributed by atoms with van der Waals surface area (Å²) < 4.78 is 6.07. The van der Waals surface area contributed by atoms with Crippen LogP contribution < -0.4 is 5.32 Å². The molecule has 2 rings (SSSR count). The largest absolute Gasteiger partial charge is 0.462 e. The number of rotatable bonds is 5. The van der Waals surface area contributed by atoms with Gasteiger partial charge in [-0.25, -0.2) is 4.79 Å². The first kappa shape index (κ1) is 15.6. The molecule has 2 aromatic carbocycles. The van der Waals surface area contributed by atoms with Crippen molar-refractivity contribution in [1.82, 2.24) is 0 Å². The van der Waals surface area contributed by atoms with Crippen molar-refractivity contribution in [2.75, 3.05) is 11.9 Å². The van der Waals surface area contributed by atoms with Crippen LogP contribution in [0.3, 0.4) is 0 Å². The van der Waals surface area contributed by atoms with Crippen LogP contribution in [0.2, 0.25) is 0 Å². The second kappa shape index (κ2) is 7.27. The number of nitrogens with one attached hydrogen (secondary N) is 1. The van der Waals surface area contributed by atoms with E-state index in [0.717, 1.165) is 10.2 Å². The lowest BCUT2D eigenvalue weighted by Crippen LogP contribution is -2.08. The van der Waals surface area contributed by atoms with Gasteiger partial charge in [0.05, 0.1) is 12.2 Å². The Labute approximate surface area is 133 Å². The Morgan fingerprint density at radius 2 is 2.00 bits per heavy atom. The summed E-state index contributed by atoms with van der Waals surface area (Å²) in [4.78, 5) is 11.7. The molecule has 0 fully saturated rings. The highest BCUT2D eigenvalue weighted by Crippen LogP contribution is 2.22. The molecule has 3 nitrogen and oxygen atoms in total. The van der Waals surface area contributed by atoms with E-state index in [2.05, 4.69) is 40.3 Å². The molecule has 1 N–H and O–H groups in total. The fourth-order valence-electron chi connectivity index (χ4n) is 2.06. The van der Waals surface area contributed by atoms with Crippen molar-refractivity contribution in [3.8, 4) is 0 Å². The molecule has 1 unspecified atom stereocenters. The summed E-state index contributed by atoms with van der Waals surface area (Å²) in [5.41, 5.74) is 2.63. The van der Waals surface area contributed by atoms with E-state index in [-0.39, 0.29) is 12.0 Å². The second-order valence-electron chi connectivity index (χ2n) is 4.72. The Balaban J connectivity index is 2.12. The molecule has 0 aliphatic heterocycles. The highest BCUT2D eigenvalue weighted by atomic mass is 79.9. The first-order valence-electron chi connectivity index (χ1n) is 6.89. The van der Waals surface area contributed by atoms with Crippen molar-refractivity contribution in [3.63, 3.8) is 0 Å². The number of anilines is 1. The van der Waals surface area contributed by atoms with E-state index >= 15 is 0 Å². The molecule has 0 saturated carbocycles. The third kappa shape index (κ3) is 4.33. The monoisotopic (exact) mass is 347 g/mol. The first-order valence-corrected chi connectivity index (χ1v) is 7.68. The van der Waals surface area contributed by atoms with Crippen LogP contribution in [0.25, 0.3) is 0 Å². The molecule has 2 aromatic rings. The van der Waals surface area contributed by atoms with E-state index in [1.54, 1.807) is 13.0 Å². The van der Waals surface area contributed by atoms with E-state index in [9.17, 15) is 4.79 Å². The van der Waals surface area contributed by atoms with Crippen LogP contribution in [0.1, 0.15) is 35.8 Å².